The molecular formula is C17H24Cl2N2O4. The smallest absolute Gasteiger partial charge is 0.410 e. The summed E-state index contributed by atoms with van der Waals surface area (Å²) in [5, 5.41) is 3.70. The fourth-order valence-electron chi connectivity index (χ4n) is 1.75. The first-order valence-electron chi connectivity index (χ1n) is 7.87. The average molecular weight is 391 g/mol. The summed E-state index contributed by atoms with van der Waals surface area (Å²) in [5.74, 6) is 0.278. The monoisotopic (exact) mass is 390 g/mol. The van der Waals surface area contributed by atoms with E-state index in [2.05, 4.69) is 5.32 Å². The van der Waals surface area contributed by atoms with E-state index in [1.807, 2.05) is 0 Å². The van der Waals surface area contributed by atoms with Crippen molar-refractivity contribution in [1.29, 1.82) is 0 Å². The molecule has 0 saturated heterocycles. The lowest BCUT2D eigenvalue weighted by Crippen LogP contribution is -2.41. The summed E-state index contributed by atoms with van der Waals surface area (Å²) >= 11 is 11.8. The summed E-state index contributed by atoms with van der Waals surface area (Å²) < 4.78 is 10.7. The van der Waals surface area contributed by atoms with Crippen LogP contribution in [0.3, 0.4) is 0 Å². The number of hydrogen-bond donors (Lipinski definition) is 1. The van der Waals surface area contributed by atoms with Crippen LogP contribution in [0.25, 0.3) is 0 Å². The second-order valence-corrected chi connectivity index (χ2v) is 7.31. The van der Waals surface area contributed by atoms with Gasteiger partial charge in [0.15, 0.2) is 0 Å². The minimum absolute atomic E-state index is 0.0707. The molecular weight excluding hydrogens is 367 g/mol. The summed E-state index contributed by atoms with van der Waals surface area (Å²) in [6, 6.07) is 4.99. The number of carbonyl (C=O) groups excluding carboxylic acids is 2. The molecule has 1 aromatic carbocycles. The van der Waals surface area contributed by atoms with Gasteiger partial charge >= 0.3 is 6.09 Å². The Morgan fingerprint density at radius 3 is 2.52 bits per heavy atom. The Bertz CT molecular complexity index is 603. The number of likely N-dealkylation sites (N-methyl/N-ethyl adjacent to an activating group) is 1. The fourth-order valence-corrected chi connectivity index (χ4v) is 2.21. The Hall–Kier alpha value is -1.66. The van der Waals surface area contributed by atoms with E-state index >= 15 is 0 Å². The Morgan fingerprint density at radius 2 is 1.92 bits per heavy atom. The first-order chi connectivity index (χ1) is 11.6. The van der Waals surface area contributed by atoms with Crippen LogP contribution in [0.5, 0.6) is 5.75 Å². The van der Waals surface area contributed by atoms with Crippen LogP contribution in [-0.4, -0.2) is 49.2 Å². The highest BCUT2D eigenvalue weighted by Crippen LogP contribution is 2.27. The zero-order valence-corrected chi connectivity index (χ0v) is 16.4. The SMILES string of the molecule is CN(CC(=O)NCCCOc1ccc(Cl)cc1Cl)C(=O)OC(C)(C)C. The molecule has 0 aliphatic heterocycles. The van der Waals surface area contributed by atoms with E-state index in [4.69, 9.17) is 32.7 Å². The first-order valence-corrected chi connectivity index (χ1v) is 8.63. The maximum atomic E-state index is 11.8. The number of halogens is 2. The molecule has 0 spiro atoms. The number of benzene rings is 1. The number of hydrogen-bond acceptors (Lipinski definition) is 4. The second kappa shape index (κ2) is 9.73. The molecule has 0 aliphatic rings. The third kappa shape index (κ3) is 8.84. The van der Waals surface area contributed by atoms with Crippen molar-refractivity contribution in [2.75, 3.05) is 26.7 Å². The summed E-state index contributed by atoms with van der Waals surface area (Å²) in [6.07, 6.45) is 0.0595. The molecule has 0 bridgehead atoms. The van der Waals surface area contributed by atoms with E-state index < -0.39 is 11.7 Å². The molecule has 0 radical (unpaired) electrons. The second-order valence-electron chi connectivity index (χ2n) is 6.46. The van der Waals surface area contributed by atoms with Crippen LogP contribution in [0.15, 0.2) is 18.2 Å². The lowest BCUT2D eigenvalue weighted by Gasteiger charge is -2.24. The average Bonchev–Trinajstić information content (AvgIpc) is 2.47. The van der Waals surface area contributed by atoms with Crippen LogP contribution in [0.2, 0.25) is 10.0 Å². The topological polar surface area (TPSA) is 67.9 Å². The zero-order chi connectivity index (χ0) is 19.0. The van der Waals surface area contributed by atoms with E-state index in [1.165, 1.54) is 11.9 Å². The van der Waals surface area contributed by atoms with Crippen LogP contribution >= 0.6 is 23.2 Å². The normalized spacial score (nSPS) is 11.0. The van der Waals surface area contributed by atoms with Crippen molar-refractivity contribution in [2.45, 2.75) is 32.8 Å². The highest BCUT2D eigenvalue weighted by Gasteiger charge is 2.20. The molecule has 140 valence electrons. The molecule has 0 heterocycles. The number of carbonyl (C=O) groups is 2. The zero-order valence-electron chi connectivity index (χ0n) is 14.9. The Balaban J connectivity index is 2.23. The van der Waals surface area contributed by atoms with Gasteiger partial charge in [-0.2, -0.15) is 0 Å². The molecule has 1 rings (SSSR count). The third-order valence-corrected chi connectivity index (χ3v) is 3.41. The lowest BCUT2D eigenvalue weighted by atomic mass is 10.2. The van der Waals surface area contributed by atoms with E-state index in [0.717, 1.165) is 0 Å². The highest BCUT2D eigenvalue weighted by molar-refractivity contribution is 6.35. The summed E-state index contributed by atoms with van der Waals surface area (Å²) in [7, 11) is 1.51. The third-order valence-electron chi connectivity index (χ3n) is 2.88. The minimum Gasteiger partial charge on any atom is -0.492 e. The van der Waals surface area contributed by atoms with Crippen molar-refractivity contribution in [3.63, 3.8) is 0 Å². The summed E-state index contributed by atoms with van der Waals surface area (Å²) in [6.45, 7) is 6.05. The largest absolute Gasteiger partial charge is 0.492 e. The van der Waals surface area contributed by atoms with E-state index in [1.54, 1.807) is 39.0 Å². The van der Waals surface area contributed by atoms with Crippen molar-refractivity contribution < 1.29 is 19.1 Å². The quantitative estimate of drug-likeness (QED) is 0.719. The van der Waals surface area contributed by atoms with Crippen LogP contribution < -0.4 is 10.1 Å². The van der Waals surface area contributed by atoms with Gasteiger partial charge in [0.05, 0.1) is 11.6 Å². The molecule has 0 aliphatic carbocycles. The fraction of sp³-hybridized carbons (Fsp3) is 0.529. The van der Waals surface area contributed by atoms with Crippen molar-refractivity contribution in [2.24, 2.45) is 0 Å². The number of amides is 2. The first kappa shape index (κ1) is 21.4. The van der Waals surface area contributed by atoms with E-state index in [0.29, 0.717) is 35.4 Å². The highest BCUT2D eigenvalue weighted by atomic mass is 35.5. The molecule has 1 N–H and O–H groups in total. The molecule has 0 aromatic heterocycles. The Labute approximate surface area is 158 Å². The van der Waals surface area contributed by atoms with Gasteiger partial charge in [0.1, 0.15) is 17.9 Å². The Morgan fingerprint density at radius 1 is 1.24 bits per heavy atom. The summed E-state index contributed by atoms with van der Waals surface area (Å²) in [4.78, 5) is 24.8. The molecule has 8 heteroatoms. The van der Waals surface area contributed by atoms with Crippen LogP contribution in [0, 0.1) is 0 Å². The molecule has 2 amide bonds. The number of ether oxygens (including phenoxy) is 2. The molecule has 0 saturated carbocycles. The van der Waals surface area contributed by atoms with Crippen LogP contribution in [0.1, 0.15) is 27.2 Å². The van der Waals surface area contributed by atoms with Gasteiger partial charge < -0.3 is 19.7 Å². The Kier molecular flexibility index (Phi) is 8.32. The van der Waals surface area contributed by atoms with Gasteiger partial charge in [-0.1, -0.05) is 23.2 Å². The van der Waals surface area contributed by atoms with Crippen molar-refractivity contribution in [3.8, 4) is 5.75 Å². The van der Waals surface area contributed by atoms with Gasteiger partial charge in [-0.25, -0.2) is 4.79 Å². The van der Waals surface area contributed by atoms with Crippen molar-refractivity contribution in [3.05, 3.63) is 28.2 Å². The van der Waals surface area contributed by atoms with Gasteiger partial charge in [0.25, 0.3) is 0 Å². The van der Waals surface area contributed by atoms with Gasteiger partial charge in [0, 0.05) is 18.6 Å². The van der Waals surface area contributed by atoms with E-state index in [-0.39, 0.29) is 12.5 Å². The predicted molar refractivity (Wildman–Crippen MR) is 98.4 cm³/mol. The van der Waals surface area contributed by atoms with Gasteiger partial charge in [-0.15, -0.1) is 0 Å². The maximum Gasteiger partial charge on any atom is 0.410 e. The molecule has 0 unspecified atom stereocenters. The maximum absolute atomic E-state index is 11.8. The molecule has 25 heavy (non-hydrogen) atoms. The van der Waals surface area contributed by atoms with Gasteiger partial charge in [0.2, 0.25) is 5.91 Å². The number of nitrogens with one attached hydrogen (secondary N) is 1. The van der Waals surface area contributed by atoms with Gasteiger partial charge in [-0.3, -0.25) is 4.79 Å². The van der Waals surface area contributed by atoms with Crippen LogP contribution in [-0.2, 0) is 9.53 Å². The lowest BCUT2D eigenvalue weighted by molar-refractivity contribution is -0.122. The van der Waals surface area contributed by atoms with E-state index in [9.17, 15) is 9.59 Å². The molecule has 6 nitrogen and oxygen atoms in total. The minimum atomic E-state index is -0.595. The molecule has 0 atom stereocenters. The molecule has 0 fully saturated rings. The van der Waals surface area contributed by atoms with Crippen molar-refractivity contribution in [1.82, 2.24) is 10.2 Å². The summed E-state index contributed by atoms with van der Waals surface area (Å²) in [5.41, 5.74) is -0.595. The predicted octanol–water partition coefficient (Wildman–Crippen LogP) is 3.75. The standard InChI is InChI=1S/C17H24Cl2N2O4/c1-17(2,3)25-16(23)21(4)11-15(22)20-8-5-9-24-14-7-6-12(18)10-13(14)19/h6-7,10H,5,8-9,11H2,1-4H3,(H,20,22). The number of nitrogens with zero attached hydrogens (tertiary/aromatic N) is 1. The van der Waals surface area contributed by atoms with Crippen LogP contribution in [0.4, 0.5) is 4.79 Å². The van der Waals surface area contributed by atoms with Gasteiger partial charge in [-0.05, 0) is 45.4 Å². The van der Waals surface area contributed by atoms with Crippen molar-refractivity contribution >= 4 is 35.2 Å². The molecule has 1 aromatic rings. The number of rotatable bonds is 7.